The molecule has 0 unspecified atom stereocenters. The van der Waals surface area contributed by atoms with Gasteiger partial charge in [0.1, 0.15) is 16.7 Å². The highest BCUT2D eigenvalue weighted by molar-refractivity contribution is 6.29. The van der Waals surface area contributed by atoms with Gasteiger partial charge in [-0.1, -0.05) is 17.7 Å². The van der Waals surface area contributed by atoms with Crippen LogP contribution < -0.4 is 15.8 Å². The Kier molecular flexibility index (Phi) is 3.89. The molecule has 0 aliphatic heterocycles. The number of nitrogen functional groups attached to an aromatic ring is 1. The Morgan fingerprint density at radius 2 is 2.17 bits per heavy atom. The number of hydrogen-bond donors (Lipinski definition) is 2. The number of nitrogens with one attached hydrogen (secondary N) is 1. The van der Waals surface area contributed by atoms with E-state index in [-0.39, 0.29) is 0 Å². The summed E-state index contributed by atoms with van der Waals surface area (Å²) in [6.45, 7) is 2.57. The van der Waals surface area contributed by atoms with E-state index in [9.17, 15) is 0 Å². The van der Waals surface area contributed by atoms with Crippen LogP contribution in [-0.4, -0.2) is 11.6 Å². The number of nitrogens with zero attached hydrogens (tertiary/aromatic N) is 1. The Bertz CT molecular complexity index is 525. The van der Waals surface area contributed by atoms with Crippen LogP contribution in [0.5, 0.6) is 5.75 Å². The van der Waals surface area contributed by atoms with E-state index in [2.05, 4.69) is 10.3 Å². The van der Waals surface area contributed by atoms with E-state index in [1.165, 1.54) is 0 Å². The van der Waals surface area contributed by atoms with Gasteiger partial charge in [0.05, 0.1) is 6.61 Å². The molecule has 1 aromatic carbocycles. The van der Waals surface area contributed by atoms with Gasteiger partial charge < -0.3 is 15.8 Å². The average molecular weight is 264 g/mol. The van der Waals surface area contributed by atoms with Crippen molar-refractivity contribution in [1.29, 1.82) is 0 Å². The lowest BCUT2D eigenvalue weighted by atomic mass is 10.3. The molecule has 2 rings (SSSR count). The van der Waals surface area contributed by atoms with E-state index >= 15 is 0 Å². The van der Waals surface area contributed by atoms with E-state index in [0.29, 0.717) is 23.3 Å². The second-order valence-corrected chi connectivity index (χ2v) is 4.08. The maximum Gasteiger partial charge on any atom is 0.134 e. The summed E-state index contributed by atoms with van der Waals surface area (Å²) in [5.74, 6) is 1.41. The molecule has 0 saturated carbocycles. The van der Waals surface area contributed by atoms with Crippen LogP contribution in [0, 0.1) is 0 Å². The second-order valence-electron chi connectivity index (χ2n) is 3.69. The van der Waals surface area contributed by atoms with Crippen LogP contribution in [0.1, 0.15) is 6.92 Å². The number of nitrogens with two attached hydrogens (primary N) is 1. The minimum absolute atomic E-state index is 0.360. The summed E-state index contributed by atoms with van der Waals surface area (Å²) >= 11 is 5.84. The smallest absolute Gasteiger partial charge is 0.134 e. The molecule has 4 nitrogen and oxygen atoms in total. The maximum absolute atomic E-state index is 5.84. The third kappa shape index (κ3) is 3.28. The fourth-order valence-electron chi connectivity index (χ4n) is 1.56. The van der Waals surface area contributed by atoms with Gasteiger partial charge >= 0.3 is 0 Å². The molecule has 1 heterocycles. The summed E-state index contributed by atoms with van der Waals surface area (Å²) in [5, 5.41) is 3.49. The number of pyridine rings is 1. The number of ether oxygens (including phenoxy) is 1. The van der Waals surface area contributed by atoms with Crippen molar-refractivity contribution in [2.45, 2.75) is 6.92 Å². The molecule has 18 heavy (non-hydrogen) atoms. The van der Waals surface area contributed by atoms with Gasteiger partial charge in [0.2, 0.25) is 0 Å². The Labute approximate surface area is 111 Å². The van der Waals surface area contributed by atoms with Crippen molar-refractivity contribution in [3.63, 3.8) is 0 Å². The Hall–Kier alpha value is -1.94. The van der Waals surface area contributed by atoms with Crippen molar-refractivity contribution >= 4 is 28.8 Å². The normalized spacial score (nSPS) is 10.1. The molecule has 94 valence electrons. The monoisotopic (exact) mass is 263 g/mol. The zero-order valence-electron chi connectivity index (χ0n) is 9.98. The molecule has 0 spiro atoms. The fraction of sp³-hybridized carbons (Fsp3) is 0.154. The first-order valence-electron chi connectivity index (χ1n) is 5.60. The van der Waals surface area contributed by atoms with Crippen molar-refractivity contribution in [3.8, 4) is 5.75 Å². The molecular formula is C13H14ClN3O. The number of benzene rings is 1. The molecule has 3 N–H and O–H groups in total. The first-order valence-corrected chi connectivity index (χ1v) is 5.98. The molecule has 0 radical (unpaired) electrons. The maximum atomic E-state index is 5.84. The molecule has 0 atom stereocenters. The molecule has 0 fully saturated rings. The predicted octanol–water partition coefficient (Wildman–Crippen LogP) is 3.46. The van der Waals surface area contributed by atoms with Gasteiger partial charge in [-0.2, -0.15) is 0 Å². The highest BCUT2D eigenvalue weighted by atomic mass is 35.5. The first kappa shape index (κ1) is 12.5. The van der Waals surface area contributed by atoms with E-state index in [0.717, 1.165) is 11.4 Å². The lowest BCUT2D eigenvalue weighted by Crippen LogP contribution is -1.97. The molecule has 0 bridgehead atoms. The van der Waals surface area contributed by atoms with Crippen LogP contribution in [0.2, 0.25) is 5.15 Å². The molecule has 5 heteroatoms. The van der Waals surface area contributed by atoms with Crippen molar-refractivity contribution < 1.29 is 4.74 Å². The van der Waals surface area contributed by atoms with Crippen molar-refractivity contribution in [1.82, 2.24) is 4.98 Å². The van der Waals surface area contributed by atoms with Crippen molar-refractivity contribution in [3.05, 3.63) is 41.6 Å². The molecule has 2 aromatic rings. The summed E-state index contributed by atoms with van der Waals surface area (Å²) in [5.41, 5.74) is 7.14. The van der Waals surface area contributed by atoms with E-state index in [1.807, 2.05) is 31.2 Å². The van der Waals surface area contributed by atoms with Gasteiger partial charge in [0, 0.05) is 23.5 Å². The molecule has 1 aromatic heterocycles. The zero-order valence-corrected chi connectivity index (χ0v) is 10.7. The summed E-state index contributed by atoms with van der Waals surface area (Å²) in [6.07, 6.45) is 0. The van der Waals surface area contributed by atoms with Crippen LogP contribution in [0.4, 0.5) is 17.2 Å². The van der Waals surface area contributed by atoms with Gasteiger partial charge in [-0.15, -0.1) is 0 Å². The number of halogens is 1. The van der Waals surface area contributed by atoms with Crippen molar-refractivity contribution in [2.24, 2.45) is 0 Å². The second kappa shape index (κ2) is 5.60. The molecule has 0 aliphatic carbocycles. The van der Waals surface area contributed by atoms with E-state index in [1.54, 1.807) is 12.1 Å². The molecular weight excluding hydrogens is 250 g/mol. The van der Waals surface area contributed by atoms with Gasteiger partial charge in [0.15, 0.2) is 0 Å². The van der Waals surface area contributed by atoms with Gasteiger partial charge in [-0.25, -0.2) is 4.98 Å². The highest BCUT2D eigenvalue weighted by Crippen LogP contribution is 2.23. The largest absolute Gasteiger partial charge is 0.494 e. The molecule has 0 saturated heterocycles. The summed E-state index contributed by atoms with van der Waals surface area (Å²) < 4.78 is 5.42. The third-order valence-electron chi connectivity index (χ3n) is 2.23. The van der Waals surface area contributed by atoms with Gasteiger partial charge in [-0.3, -0.25) is 0 Å². The molecule has 0 aliphatic rings. The van der Waals surface area contributed by atoms with Gasteiger partial charge in [0.25, 0.3) is 0 Å². The van der Waals surface area contributed by atoms with E-state index < -0.39 is 0 Å². The third-order valence-corrected chi connectivity index (χ3v) is 2.43. The summed E-state index contributed by atoms with van der Waals surface area (Å²) in [4.78, 5) is 4.14. The Morgan fingerprint density at radius 1 is 1.33 bits per heavy atom. The van der Waals surface area contributed by atoms with Crippen LogP contribution in [-0.2, 0) is 0 Å². The minimum atomic E-state index is 0.360. The number of aromatic nitrogens is 1. The number of rotatable bonds is 4. The zero-order chi connectivity index (χ0) is 13.0. The number of anilines is 3. The van der Waals surface area contributed by atoms with Crippen LogP contribution in [0.3, 0.4) is 0 Å². The molecule has 0 amide bonds. The lowest BCUT2D eigenvalue weighted by Gasteiger charge is -2.09. The topological polar surface area (TPSA) is 60.2 Å². The highest BCUT2D eigenvalue weighted by Gasteiger charge is 2.01. The predicted molar refractivity (Wildman–Crippen MR) is 74.6 cm³/mol. The Balaban J connectivity index is 2.20. The lowest BCUT2D eigenvalue weighted by molar-refractivity contribution is 0.340. The summed E-state index contributed by atoms with van der Waals surface area (Å²) in [7, 11) is 0. The van der Waals surface area contributed by atoms with E-state index in [4.69, 9.17) is 22.1 Å². The SMILES string of the molecule is CCOc1cccc(Nc2cc(N)cc(Cl)n2)c1. The minimum Gasteiger partial charge on any atom is -0.494 e. The van der Waals surface area contributed by atoms with Gasteiger partial charge in [-0.05, 0) is 25.1 Å². The number of hydrogen-bond acceptors (Lipinski definition) is 4. The van der Waals surface area contributed by atoms with Crippen LogP contribution in [0.15, 0.2) is 36.4 Å². The Morgan fingerprint density at radius 3 is 2.89 bits per heavy atom. The van der Waals surface area contributed by atoms with Crippen LogP contribution >= 0.6 is 11.6 Å². The summed E-state index contributed by atoms with van der Waals surface area (Å²) in [6, 6.07) is 10.9. The first-order chi connectivity index (χ1) is 8.67. The van der Waals surface area contributed by atoms with Crippen LogP contribution in [0.25, 0.3) is 0 Å². The quantitative estimate of drug-likeness (QED) is 0.830. The average Bonchev–Trinajstić information content (AvgIpc) is 2.28. The fourth-order valence-corrected chi connectivity index (χ4v) is 1.78. The van der Waals surface area contributed by atoms with Crippen molar-refractivity contribution in [2.75, 3.05) is 17.7 Å². The standard InChI is InChI=1S/C13H14ClN3O/c1-2-18-11-5-3-4-10(8-11)16-13-7-9(15)6-12(14)17-13/h3-8H,2H2,1H3,(H3,15,16,17).